The standard InChI is InChI=1S/C6H9N/c1-6-4-2-3-5-7-6/h2-3,7H,1,4-5H2. The highest BCUT2D eigenvalue weighted by Gasteiger charge is 1.90. The van der Waals surface area contributed by atoms with Crippen molar-refractivity contribution < 1.29 is 0 Å². The monoisotopic (exact) mass is 95.1 g/mol. The fourth-order valence-corrected chi connectivity index (χ4v) is 0.584. The summed E-state index contributed by atoms with van der Waals surface area (Å²) in [7, 11) is 0. The van der Waals surface area contributed by atoms with Gasteiger partial charge in [0.1, 0.15) is 0 Å². The van der Waals surface area contributed by atoms with Crippen molar-refractivity contribution in [1.29, 1.82) is 0 Å². The van der Waals surface area contributed by atoms with Gasteiger partial charge in [-0.3, -0.25) is 0 Å². The van der Waals surface area contributed by atoms with Gasteiger partial charge in [-0.25, -0.2) is 0 Å². The van der Waals surface area contributed by atoms with E-state index in [9.17, 15) is 0 Å². The lowest BCUT2D eigenvalue weighted by atomic mass is 10.2. The summed E-state index contributed by atoms with van der Waals surface area (Å²) in [5.41, 5.74) is 1.13. The first-order valence-electron chi connectivity index (χ1n) is 2.46. The van der Waals surface area contributed by atoms with Crippen molar-refractivity contribution in [3.63, 3.8) is 0 Å². The van der Waals surface area contributed by atoms with Gasteiger partial charge in [0.2, 0.25) is 0 Å². The van der Waals surface area contributed by atoms with Crippen molar-refractivity contribution in [2.75, 3.05) is 6.54 Å². The minimum absolute atomic E-state index is 0.957. The summed E-state index contributed by atoms with van der Waals surface area (Å²) < 4.78 is 0. The van der Waals surface area contributed by atoms with Crippen LogP contribution in [0.2, 0.25) is 0 Å². The summed E-state index contributed by atoms with van der Waals surface area (Å²) >= 11 is 0. The lowest BCUT2D eigenvalue weighted by molar-refractivity contribution is 0.844. The molecule has 1 heterocycles. The van der Waals surface area contributed by atoms with E-state index in [1.165, 1.54) is 0 Å². The van der Waals surface area contributed by atoms with E-state index in [2.05, 4.69) is 24.0 Å². The third-order valence-corrected chi connectivity index (χ3v) is 1.00. The third kappa shape index (κ3) is 1.07. The van der Waals surface area contributed by atoms with Gasteiger partial charge in [0.05, 0.1) is 0 Å². The summed E-state index contributed by atoms with van der Waals surface area (Å²) in [5, 5.41) is 3.10. The van der Waals surface area contributed by atoms with Crippen LogP contribution < -0.4 is 5.32 Å². The predicted octanol–water partition coefficient (Wildman–Crippen LogP) is 1.05. The number of nitrogens with one attached hydrogen (secondary N) is 1. The number of hydrogen-bond acceptors (Lipinski definition) is 1. The van der Waals surface area contributed by atoms with Crippen LogP contribution in [0.5, 0.6) is 0 Å². The molecule has 0 aromatic carbocycles. The Bertz CT molecular complexity index is 103. The minimum Gasteiger partial charge on any atom is -0.385 e. The van der Waals surface area contributed by atoms with Crippen molar-refractivity contribution in [3.8, 4) is 0 Å². The van der Waals surface area contributed by atoms with Crippen molar-refractivity contribution in [1.82, 2.24) is 5.32 Å². The number of hydrogen-bond donors (Lipinski definition) is 1. The number of rotatable bonds is 0. The van der Waals surface area contributed by atoms with Crippen LogP contribution in [0.1, 0.15) is 6.42 Å². The van der Waals surface area contributed by atoms with Crippen molar-refractivity contribution in [2.24, 2.45) is 0 Å². The lowest BCUT2D eigenvalue weighted by Gasteiger charge is -2.07. The molecule has 0 aromatic rings. The minimum atomic E-state index is 0.957. The van der Waals surface area contributed by atoms with E-state index in [0.717, 1.165) is 18.7 Å². The first-order chi connectivity index (χ1) is 3.39. The van der Waals surface area contributed by atoms with Gasteiger partial charge in [-0.15, -0.1) is 0 Å². The quantitative estimate of drug-likeness (QED) is 0.443. The second-order valence-corrected chi connectivity index (χ2v) is 1.66. The molecule has 0 saturated carbocycles. The first-order valence-corrected chi connectivity index (χ1v) is 2.46. The highest BCUT2D eigenvalue weighted by Crippen LogP contribution is 1.97. The molecule has 0 radical (unpaired) electrons. The van der Waals surface area contributed by atoms with Gasteiger partial charge in [0, 0.05) is 18.7 Å². The molecule has 38 valence electrons. The lowest BCUT2D eigenvalue weighted by Crippen LogP contribution is -2.14. The van der Waals surface area contributed by atoms with E-state index >= 15 is 0 Å². The fraction of sp³-hybridized carbons (Fsp3) is 0.333. The molecule has 0 spiro atoms. The molecule has 1 nitrogen and oxygen atoms in total. The van der Waals surface area contributed by atoms with E-state index in [1.54, 1.807) is 0 Å². The smallest absolute Gasteiger partial charge is 0.0327 e. The molecule has 1 aliphatic rings. The van der Waals surface area contributed by atoms with Crippen LogP contribution in [-0.4, -0.2) is 6.54 Å². The third-order valence-electron chi connectivity index (χ3n) is 1.00. The summed E-state index contributed by atoms with van der Waals surface area (Å²) in [5.74, 6) is 0. The van der Waals surface area contributed by atoms with Crippen LogP contribution >= 0.6 is 0 Å². The molecule has 0 atom stereocenters. The zero-order valence-electron chi connectivity index (χ0n) is 4.28. The zero-order chi connectivity index (χ0) is 5.11. The molecule has 1 aliphatic heterocycles. The second kappa shape index (κ2) is 1.82. The van der Waals surface area contributed by atoms with E-state index in [0.29, 0.717) is 0 Å². The largest absolute Gasteiger partial charge is 0.385 e. The molecule has 0 saturated heterocycles. The highest BCUT2D eigenvalue weighted by molar-refractivity contribution is 5.06. The molecule has 0 aliphatic carbocycles. The molecule has 0 amide bonds. The molecule has 0 bridgehead atoms. The number of allylic oxidation sites excluding steroid dienone is 1. The molecule has 7 heavy (non-hydrogen) atoms. The van der Waals surface area contributed by atoms with Crippen LogP contribution in [0.25, 0.3) is 0 Å². The predicted molar refractivity (Wildman–Crippen MR) is 30.9 cm³/mol. The van der Waals surface area contributed by atoms with E-state index in [4.69, 9.17) is 0 Å². The SMILES string of the molecule is C=C1CC=CCN1. The Kier molecular flexibility index (Phi) is 1.16. The Balaban J connectivity index is 2.47. The molecule has 0 unspecified atom stereocenters. The van der Waals surface area contributed by atoms with Crippen LogP contribution in [0, 0.1) is 0 Å². The molecular formula is C6H9N. The van der Waals surface area contributed by atoms with Gasteiger partial charge >= 0.3 is 0 Å². The molecular weight excluding hydrogens is 86.1 g/mol. The molecule has 1 rings (SSSR count). The van der Waals surface area contributed by atoms with Crippen molar-refractivity contribution in [3.05, 3.63) is 24.4 Å². The van der Waals surface area contributed by atoms with Crippen LogP contribution in [0.4, 0.5) is 0 Å². The highest BCUT2D eigenvalue weighted by atomic mass is 14.9. The second-order valence-electron chi connectivity index (χ2n) is 1.66. The Hall–Kier alpha value is -0.720. The van der Waals surface area contributed by atoms with Gasteiger partial charge in [0.25, 0.3) is 0 Å². The maximum Gasteiger partial charge on any atom is 0.0327 e. The zero-order valence-corrected chi connectivity index (χ0v) is 4.28. The van der Waals surface area contributed by atoms with Crippen LogP contribution in [-0.2, 0) is 0 Å². The molecule has 0 aromatic heterocycles. The average Bonchev–Trinajstić information content (AvgIpc) is 1.69. The van der Waals surface area contributed by atoms with E-state index in [-0.39, 0.29) is 0 Å². The first kappa shape index (κ1) is 4.44. The van der Waals surface area contributed by atoms with Gasteiger partial charge in [-0.1, -0.05) is 18.7 Å². The van der Waals surface area contributed by atoms with Crippen molar-refractivity contribution in [2.45, 2.75) is 6.42 Å². The Morgan fingerprint density at radius 1 is 1.57 bits per heavy atom. The Morgan fingerprint density at radius 2 is 2.43 bits per heavy atom. The van der Waals surface area contributed by atoms with Crippen LogP contribution in [0.3, 0.4) is 0 Å². The Morgan fingerprint density at radius 3 is 2.71 bits per heavy atom. The van der Waals surface area contributed by atoms with E-state index in [1.807, 2.05) is 0 Å². The summed E-state index contributed by atoms with van der Waals surface area (Å²) in [4.78, 5) is 0. The normalized spacial score (nSPS) is 19.1. The summed E-state index contributed by atoms with van der Waals surface area (Å²) in [6.45, 7) is 4.71. The fourth-order valence-electron chi connectivity index (χ4n) is 0.584. The average molecular weight is 95.1 g/mol. The maximum absolute atomic E-state index is 3.75. The molecule has 1 heteroatoms. The topological polar surface area (TPSA) is 12.0 Å². The summed E-state index contributed by atoms with van der Waals surface area (Å²) in [6, 6.07) is 0. The summed E-state index contributed by atoms with van der Waals surface area (Å²) in [6.07, 6.45) is 5.23. The van der Waals surface area contributed by atoms with Crippen molar-refractivity contribution >= 4 is 0 Å². The van der Waals surface area contributed by atoms with Gasteiger partial charge in [0.15, 0.2) is 0 Å². The van der Waals surface area contributed by atoms with Crippen LogP contribution in [0.15, 0.2) is 24.4 Å². The Labute approximate surface area is 43.7 Å². The van der Waals surface area contributed by atoms with Gasteiger partial charge < -0.3 is 5.32 Å². The molecule has 1 N–H and O–H groups in total. The molecule has 0 fully saturated rings. The maximum atomic E-state index is 3.75. The van der Waals surface area contributed by atoms with Gasteiger partial charge in [-0.05, 0) is 0 Å². The van der Waals surface area contributed by atoms with E-state index < -0.39 is 0 Å². The van der Waals surface area contributed by atoms with Gasteiger partial charge in [-0.2, -0.15) is 0 Å².